The van der Waals surface area contributed by atoms with Gasteiger partial charge in [-0.05, 0) is 0 Å². The molecule has 0 radical (unpaired) electrons. The molecule has 0 atom stereocenters. The molecular weight excluding hydrogens is 310 g/mol. The molecule has 0 bridgehead atoms. The second kappa shape index (κ2) is 7.00. The Morgan fingerprint density at radius 2 is 1.36 bits per heavy atom. The van der Waals surface area contributed by atoms with Crippen LogP contribution in [0.15, 0.2) is 43.0 Å². The van der Waals surface area contributed by atoms with Gasteiger partial charge in [0.15, 0.2) is 0 Å². The van der Waals surface area contributed by atoms with Crippen LogP contribution < -0.4 is 0 Å². The minimum atomic E-state index is -1.25. The molecule has 0 aromatic heterocycles. The second-order valence-corrected chi connectivity index (χ2v) is 12.8. The van der Waals surface area contributed by atoms with E-state index in [-0.39, 0.29) is 24.8 Å². The van der Waals surface area contributed by atoms with E-state index in [0.717, 1.165) is 0 Å². The third-order valence-electron chi connectivity index (χ3n) is 2.32. The molecule has 0 saturated heterocycles. The van der Waals surface area contributed by atoms with E-state index in [1.165, 1.54) is 12.8 Å². The van der Waals surface area contributed by atoms with Gasteiger partial charge in [-0.3, -0.25) is 0 Å². The van der Waals surface area contributed by atoms with Crippen LogP contribution in [0, 0.1) is 0 Å². The average Bonchev–Trinajstić information content (AvgIpc) is 2.77. The van der Waals surface area contributed by atoms with Gasteiger partial charge in [0, 0.05) is 0 Å². The first kappa shape index (κ1) is 14.6. The van der Waals surface area contributed by atoms with Crippen molar-refractivity contribution in [2.45, 2.75) is 12.8 Å². The zero-order valence-corrected chi connectivity index (χ0v) is 13.4. The topological polar surface area (TPSA) is 0 Å². The van der Waals surface area contributed by atoms with Gasteiger partial charge in [0.05, 0.1) is 0 Å². The molecule has 0 unspecified atom stereocenters. The molecule has 2 aliphatic carbocycles. The number of rotatable bonds is 2. The van der Waals surface area contributed by atoms with E-state index in [4.69, 9.17) is 0 Å². The molecule has 14 heavy (non-hydrogen) atoms. The van der Waals surface area contributed by atoms with Gasteiger partial charge in [-0.2, -0.15) is 0 Å². The minimum absolute atomic E-state index is 0. The first-order valence-corrected chi connectivity index (χ1v) is 12.7. The van der Waals surface area contributed by atoms with Crippen molar-refractivity contribution < 1.29 is 20.4 Å². The Balaban J connectivity index is 0.000000845. The fourth-order valence-corrected chi connectivity index (χ4v) is 8.92. The van der Waals surface area contributed by atoms with E-state index in [9.17, 15) is 0 Å². The second-order valence-electron chi connectivity index (χ2n) is 3.13. The van der Waals surface area contributed by atoms with Gasteiger partial charge in [0.25, 0.3) is 0 Å². The Labute approximate surface area is 107 Å². The molecule has 4 heteroatoms. The summed E-state index contributed by atoms with van der Waals surface area (Å²) in [6, 6.07) is 0. The van der Waals surface area contributed by atoms with Crippen LogP contribution >= 0.6 is 24.8 Å². The molecular formula is C10H14Cl2SiZr. The third-order valence-corrected chi connectivity index (χ3v) is 13.3. The van der Waals surface area contributed by atoms with Crippen LogP contribution in [0.4, 0.5) is 0 Å². The summed E-state index contributed by atoms with van der Waals surface area (Å²) in [5, 5.41) is 0. The molecule has 0 aromatic carbocycles. The van der Waals surface area contributed by atoms with Crippen molar-refractivity contribution in [1.29, 1.82) is 0 Å². The van der Waals surface area contributed by atoms with Crippen molar-refractivity contribution in [1.82, 2.24) is 0 Å². The van der Waals surface area contributed by atoms with E-state index >= 15 is 0 Å². The molecule has 0 aliphatic heterocycles. The van der Waals surface area contributed by atoms with E-state index in [1.807, 2.05) is 0 Å². The first-order valence-electron chi connectivity index (χ1n) is 4.29. The standard InChI is InChI=1S/2C5H5.2ClH.H2Si.Zr/c2*1-2-4-5-3-1;;;;/h2*1-3H,4H2;2*1H;1H2;. The summed E-state index contributed by atoms with van der Waals surface area (Å²) in [6.07, 6.45) is 16.2. The summed E-state index contributed by atoms with van der Waals surface area (Å²) < 4.78 is 3.54. The fraction of sp³-hybridized carbons (Fsp3) is 0.200. The number of hydrogen-bond donors (Lipinski definition) is 0. The summed E-state index contributed by atoms with van der Waals surface area (Å²) in [5.74, 6) is 0. The molecule has 0 amide bonds. The summed E-state index contributed by atoms with van der Waals surface area (Å²) in [7, 11) is 0. The molecule has 0 heterocycles. The SMILES string of the molecule is Cl.Cl.[SiH2]=[Zr]([C]1=CC=CC1)[C]1=CC=CC1. The molecule has 0 fully saturated rings. The predicted molar refractivity (Wildman–Crippen MR) is 66.7 cm³/mol. The summed E-state index contributed by atoms with van der Waals surface area (Å²) in [6.45, 7) is 2.29. The van der Waals surface area contributed by atoms with Crippen molar-refractivity contribution in [2.75, 3.05) is 0 Å². The monoisotopic (exact) mass is 322 g/mol. The summed E-state index contributed by atoms with van der Waals surface area (Å²) >= 11 is -1.25. The van der Waals surface area contributed by atoms with E-state index < -0.39 is 20.4 Å². The van der Waals surface area contributed by atoms with E-state index in [1.54, 1.807) is 6.56 Å². The molecule has 0 spiro atoms. The molecule has 0 nitrogen and oxygen atoms in total. The van der Waals surface area contributed by atoms with Crippen LogP contribution in [0.5, 0.6) is 0 Å². The van der Waals surface area contributed by atoms with Gasteiger partial charge in [-0.1, -0.05) is 0 Å². The normalized spacial score (nSPS) is 16.9. The quantitative estimate of drug-likeness (QED) is 0.685. The Morgan fingerprint density at radius 1 is 0.929 bits per heavy atom. The Bertz CT molecular complexity index is 308. The maximum atomic E-state index is 2.35. The predicted octanol–water partition coefficient (Wildman–Crippen LogP) is 2.68. The zero-order chi connectivity index (χ0) is 8.39. The summed E-state index contributed by atoms with van der Waals surface area (Å²) in [5.41, 5.74) is 0. The van der Waals surface area contributed by atoms with Gasteiger partial charge in [-0.15, -0.1) is 24.8 Å². The third kappa shape index (κ3) is 3.34. The van der Waals surface area contributed by atoms with Crippen LogP contribution in [0.2, 0.25) is 0 Å². The molecule has 0 N–H and O–H groups in total. The number of hydrogen-bond acceptors (Lipinski definition) is 0. The van der Waals surface area contributed by atoms with Crippen molar-refractivity contribution >= 4 is 31.7 Å². The van der Waals surface area contributed by atoms with E-state index in [2.05, 4.69) is 43.3 Å². The van der Waals surface area contributed by atoms with Gasteiger partial charge in [0.1, 0.15) is 0 Å². The Hall–Kier alpha value is 0.640. The van der Waals surface area contributed by atoms with Crippen LogP contribution in [0.25, 0.3) is 0 Å². The van der Waals surface area contributed by atoms with Gasteiger partial charge in [0.2, 0.25) is 0 Å². The van der Waals surface area contributed by atoms with E-state index in [0.29, 0.717) is 0 Å². The average molecular weight is 324 g/mol. The van der Waals surface area contributed by atoms with Gasteiger partial charge in [-0.25, -0.2) is 0 Å². The fourth-order valence-electron chi connectivity index (χ4n) is 1.55. The van der Waals surface area contributed by atoms with Crippen LogP contribution in [0.3, 0.4) is 0 Å². The Kier molecular flexibility index (Phi) is 7.32. The summed E-state index contributed by atoms with van der Waals surface area (Å²) in [4.78, 5) is 0. The molecule has 76 valence electrons. The van der Waals surface area contributed by atoms with Crippen LogP contribution in [-0.2, 0) is 20.4 Å². The molecule has 0 saturated carbocycles. The zero-order valence-electron chi connectivity index (χ0n) is 7.90. The maximum absolute atomic E-state index is 2.35. The Morgan fingerprint density at radius 3 is 1.64 bits per heavy atom. The molecule has 2 rings (SSSR count). The van der Waals surface area contributed by atoms with Crippen LogP contribution in [-0.4, -0.2) is 6.88 Å². The number of halogens is 2. The molecule has 2 aliphatic rings. The van der Waals surface area contributed by atoms with Crippen LogP contribution in [0.1, 0.15) is 12.8 Å². The number of allylic oxidation sites excluding steroid dienone is 8. The van der Waals surface area contributed by atoms with Gasteiger partial charge < -0.3 is 0 Å². The van der Waals surface area contributed by atoms with Crippen molar-refractivity contribution in [3.8, 4) is 0 Å². The van der Waals surface area contributed by atoms with Crippen molar-refractivity contribution in [3.05, 3.63) is 43.0 Å². The van der Waals surface area contributed by atoms with Gasteiger partial charge >= 0.3 is 83.1 Å². The van der Waals surface area contributed by atoms with Crippen molar-refractivity contribution in [2.24, 2.45) is 0 Å². The molecule has 0 aromatic rings. The van der Waals surface area contributed by atoms with Crippen molar-refractivity contribution in [3.63, 3.8) is 0 Å². The first-order chi connectivity index (χ1) is 5.88.